The quantitative estimate of drug-likeness (QED) is 0.698. The largest absolute Gasteiger partial charge is 0.365 e. The lowest BCUT2D eigenvalue weighted by Gasteiger charge is -2.33. The Morgan fingerprint density at radius 2 is 2.00 bits per heavy atom. The molecule has 7 heteroatoms. The molecule has 4 nitrogen and oxygen atoms in total. The van der Waals surface area contributed by atoms with Gasteiger partial charge in [-0.1, -0.05) is 29.3 Å². The Hall–Kier alpha value is -1.46. The Balaban J connectivity index is 0.00000180. The summed E-state index contributed by atoms with van der Waals surface area (Å²) >= 11 is 12.5. The SMILES string of the molecule is Cl.O=C1CCN2c3c(cc(-c4ccc(Cl)cc4Cl)cc3[C@@H]3CNCC[C@@H]32)N1. The smallest absolute Gasteiger partial charge is 0.226 e. The standard InChI is InChI=1S/C20H19Cl2N3O.ClH/c21-12-1-2-13(16(22)9-12)11-7-14-15-10-23-5-3-18(15)25-6-4-19(26)24-17(8-11)20(14)25;/h1-2,7-9,15,18,23H,3-6,10H2,(H,24,26);1H/t15-,18-;/m0./s1. The van der Waals surface area contributed by atoms with Gasteiger partial charge in [-0.25, -0.2) is 0 Å². The highest BCUT2D eigenvalue weighted by atomic mass is 35.5. The van der Waals surface area contributed by atoms with Gasteiger partial charge in [0.1, 0.15) is 0 Å². The maximum Gasteiger partial charge on any atom is 0.226 e. The van der Waals surface area contributed by atoms with Crippen LogP contribution in [0.4, 0.5) is 11.4 Å². The molecule has 5 rings (SSSR count). The number of piperidine rings is 1. The maximum absolute atomic E-state index is 12.3. The van der Waals surface area contributed by atoms with Crippen molar-refractivity contribution in [2.45, 2.75) is 24.8 Å². The first-order chi connectivity index (χ1) is 12.6. The van der Waals surface area contributed by atoms with Crippen molar-refractivity contribution in [3.05, 3.63) is 45.9 Å². The summed E-state index contributed by atoms with van der Waals surface area (Å²) in [6.07, 6.45) is 1.63. The van der Waals surface area contributed by atoms with Gasteiger partial charge in [-0.05, 0) is 48.4 Å². The molecule has 0 aliphatic carbocycles. The number of carbonyl (C=O) groups is 1. The molecule has 1 fully saturated rings. The van der Waals surface area contributed by atoms with Gasteiger partial charge in [0.15, 0.2) is 0 Å². The van der Waals surface area contributed by atoms with Crippen LogP contribution in [0.2, 0.25) is 10.0 Å². The van der Waals surface area contributed by atoms with E-state index >= 15 is 0 Å². The maximum atomic E-state index is 12.3. The van der Waals surface area contributed by atoms with E-state index in [0.29, 0.717) is 28.4 Å². The second-order valence-electron chi connectivity index (χ2n) is 7.24. The molecule has 1 amide bonds. The van der Waals surface area contributed by atoms with Gasteiger partial charge in [0.25, 0.3) is 0 Å². The molecular formula is C20H20Cl3N3O. The highest BCUT2D eigenvalue weighted by Gasteiger charge is 2.42. The Kier molecular flexibility index (Phi) is 5.02. The van der Waals surface area contributed by atoms with Gasteiger partial charge in [0.05, 0.1) is 11.4 Å². The van der Waals surface area contributed by atoms with Crippen LogP contribution >= 0.6 is 35.6 Å². The molecule has 0 unspecified atom stereocenters. The molecule has 0 spiro atoms. The minimum absolute atomic E-state index is 0. The summed E-state index contributed by atoms with van der Waals surface area (Å²) in [5.74, 6) is 0.518. The van der Waals surface area contributed by atoms with Gasteiger partial charge in [0.2, 0.25) is 5.91 Å². The number of halogens is 3. The summed E-state index contributed by atoms with van der Waals surface area (Å²) in [6, 6.07) is 10.3. The number of amides is 1. The monoisotopic (exact) mass is 423 g/mol. The lowest BCUT2D eigenvalue weighted by Crippen LogP contribution is -2.44. The molecule has 27 heavy (non-hydrogen) atoms. The van der Waals surface area contributed by atoms with E-state index in [0.717, 1.165) is 42.9 Å². The Morgan fingerprint density at radius 1 is 1.15 bits per heavy atom. The first kappa shape index (κ1) is 18.9. The molecule has 2 atom stereocenters. The predicted molar refractivity (Wildman–Crippen MR) is 114 cm³/mol. The number of nitrogens with zero attached hydrogens (tertiary/aromatic N) is 1. The average Bonchev–Trinajstić information content (AvgIpc) is 2.83. The molecule has 1 saturated heterocycles. The highest BCUT2D eigenvalue weighted by molar-refractivity contribution is 6.36. The molecule has 3 aliphatic heterocycles. The molecule has 0 bridgehead atoms. The van der Waals surface area contributed by atoms with E-state index in [4.69, 9.17) is 23.2 Å². The number of benzene rings is 2. The van der Waals surface area contributed by atoms with Crippen LogP contribution in [0.5, 0.6) is 0 Å². The van der Waals surface area contributed by atoms with E-state index in [2.05, 4.69) is 27.7 Å². The first-order valence-corrected chi connectivity index (χ1v) is 9.78. The molecule has 2 aromatic rings. The molecule has 2 N–H and O–H groups in total. The minimum Gasteiger partial charge on any atom is -0.365 e. The summed E-state index contributed by atoms with van der Waals surface area (Å²) in [4.78, 5) is 14.7. The van der Waals surface area contributed by atoms with E-state index in [-0.39, 0.29) is 18.3 Å². The van der Waals surface area contributed by atoms with Gasteiger partial charge in [0, 0.05) is 47.1 Å². The summed E-state index contributed by atoms with van der Waals surface area (Å²) in [7, 11) is 0. The Labute approximate surface area is 174 Å². The summed E-state index contributed by atoms with van der Waals surface area (Å²) in [5.41, 5.74) is 5.37. The van der Waals surface area contributed by atoms with Crippen molar-refractivity contribution in [2.24, 2.45) is 0 Å². The zero-order valence-corrected chi connectivity index (χ0v) is 16.9. The van der Waals surface area contributed by atoms with Crippen LogP contribution in [0.3, 0.4) is 0 Å². The van der Waals surface area contributed by atoms with Gasteiger partial charge in [-0.15, -0.1) is 12.4 Å². The van der Waals surface area contributed by atoms with Gasteiger partial charge >= 0.3 is 0 Å². The summed E-state index contributed by atoms with van der Waals surface area (Å²) in [5, 5.41) is 7.88. The number of carbonyl (C=O) groups excluding carboxylic acids is 1. The molecule has 2 aromatic carbocycles. The van der Waals surface area contributed by atoms with Gasteiger partial charge in [-0.3, -0.25) is 4.79 Å². The topological polar surface area (TPSA) is 44.4 Å². The van der Waals surface area contributed by atoms with Crippen molar-refractivity contribution in [1.29, 1.82) is 0 Å². The zero-order chi connectivity index (χ0) is 17.8. The van der Waals surface area contributed by atoms with Crippen LogP contribution in [0, 0.1) is 0 Å². The van der Waals surface area contributed by atoms with Gasteiger partial charge in [-0.2, -0.15) is 0 Å². The predicted octanol–water partition coefficient (Wildman–Crippen LogP) is 4.69. The third-order valence-corrected chi connectivity index (χ3v) is 6.32. The van der Waals surface area contributed by atoms with Crippen molar-refractivity contribution < 1.29 is 4.79 Å². The van der Waals surface area contributed by atoms with Crippen LogP contribution in [0.15, 0.2) is 30.3 Å². The molecule has 0 aromatic heterocycles. The van der Waals surface area contributed by atoms with Crippen LogP contribution in [0.25, 0.3) is 11.1 Å². The zero-order valence-electron chi connectivity index (χ0n) is 14.6. The van der Waals surface area contributed by atoms with Crippen molar-refractivity contribution in [1.82, 2.24) is 5.32 Å². The minimum atomic E-state index is 0. The Morgan fingerprint density at radius 3 is 2.81 bits per heavy atom. The lowest BCUT2D eigenvalue weighted by molar-refractivity contribution is -0.116. The second kappa shape index (κ2) is 7.17. The fourth-order valence-corrected chi connectivity index (χ4v) is 5.17. The van der Waals surface area contributed by atoms with Crippen LogP contribution in [-0.4, -0.2) is 31.6 Å². The van der Waals surface area contributed by atoms with Gasteiger partial charge < -0.3 is 15.5 Å². The van der Waals surface area contributed by atoms with E-state index in [9.17, 15) is 4.79 Å². The fraction of sp³-hybridized carbons (Fsp3) is 0.350. The highest BCUT2D eigenvalue weighted by Crippen LogP contribution is 2.50. The third kappa shape index (κ3) is 3.09. The number of fused-ring (bicyclic) bond motifs is 3. The van der Waals surface area contributed by atoms with E-state index in [1.807, 2.05) is 12.1 Å². The summed E-state index contributed by atoms with van der Waals surface area (Å²) < 4.78 is 0. The molecule has 0 radical (unpaired) electrons. The van der Waals surface area contributed by atoms with Crippen molar-refractivity contribution >= 4 is 52.9 Å². The normalized spacial score (nSPS) is 23.0. The molecule has 0 saturated carbocycles. The number of nitrogens with one attached hydrogen (secondary N) is 2. The number of hydrogen-bond donors (Lipinski definition) is 2. The molecular weight excluding hydrogens is 405 g/mol. The van der Waals surface area contributed by atoms with Crippen molar-refractivity contribution in [2.75, 3.05) is 29.9 Å². The molecule has 142 valence electrons. The Bertz CT molecular complexity index is 918. The average molecular weight is 425 g/mol. The third-order valence-electron chi connectivity index (χ3n) is 5.77. The van der Waals surface area contributed by atoms with E-state index in [1.165, 1.54) is 11.3 Å². The summed E-state index contributed by atoms with van der Waals surface area (Å²) in [6.45, 7) is 2.78. The molecule has 3 heterocycles. The second-order valence-corrected chi connectivity index (χ2v) is 8.09. The fourth-order valence-electron chi connectivity index (χ4n) is 4.65. The van der Waals surface area contributed by atoms with Crippen LogP contribution < -0.4 is 15.5 Å². The van der Waals surface area contributed by atoms with E-state index < -0.39 is 0 Å². The number of rotatable bonds is 1. The number of hydrogen-bond acceptors (Lipinski definition) is 3. The molecule has 3 aliphatic rings. The first-order valence-electron chi connectivity index (χ1n) is 9.02. The number of anilines is 2. The van der Waals surface area contributed by atoms with E-state index in [1.54, 1.807) is 6.07 Å². The lowest BCUT2D eigenvalue weighted by atomic mass is 9.88. The van der Waals surface area contributed by atoms with Crippen molar-refractivity contribution in [3.8, 4) is 11.1 Å². The van der Waals surface area contributed by atoms with Crippen LogP contribution in [-0.2, 0) is 4.79 Å². The van der Waals surface area contributed by atoms with Crippen LogP contribution in [0.1, 0.15) is 24.3 Å². The van der Waals surface area contributed by atoms with Crippen molar-refractivity contribution in [3.63, 3.8) is 0 Å².